The Labute approximate surface area is 141 Å². The Morgan fingerprint density at radius 3 is 2.70 bits per heavy atom. The molecule has 3 N–H and O–H groups in total. The SMILES string of the molecule is O=C(NCC(O)c1ccc(Cl)cc1)Nc1nc2ccccc2s1. The largest absolute Gasteiger partial charge is 0.387 e. The van der Waals surface area contributed by atoms with Gasteiger partial charge in [0.2, 0.25) is 0 Å². The summed E-state index contributed by atoms with van der Waals surface area (Å²) in [6, 6.07) is 14.1. The minimum Gasteiger partial charge on any atom is -0.387 e. The van der Waals surface area contributed by atoms with Crippen LogP contribution in [0.4, 0.5) is 9.93 Å². The van der Waals surface area contributed by atoms with Crippen LogP contribution < -0.4 is 10.6 Å². The first-order chi connectivity index (χ1) is 11.1. The Kier molecular flexibility index (Phi) is 4.76. The highest BCUT2D eigenvalue weighted by molar-refractivity contribution is 7.22. The summed E-state index contributed by atoms with van der Waals surface area (Å²) in [7, 11) is 0. The highest BCUT2D eigenvalue weighted by Crippen LogP contribution is 2.25. The lowest BCUT2D eigenvalue weighted by atomic mass is 10.1. The van der Waals surface area contributed by atoms with Crippen molar-refractivity contribution in [2.75, 3.05) is 11.9 Å². The number of urea groups is 1. The molecule has 7 heteroatoms. The molecule has 0 aliphatic heterocycles. The fourth-order valence-corrected chi connectivity index (χ4v) is 3.05. The number of amides is 2. The highest BCUT2D eigenvalue weighted by Gasteiger charge is 2.11. The van der Waals surface area contributed by atoms with E-state index in [4.69, 9.17) is 11.6 Å². The normalized spacial score (nSPS) is 12.1. The standard InChI is InChI=1S/C16H14ClN3O2S/c17-11-7-5-10(6-8-11)13(21)9-18-15(22)20-16-19-12-3-1-2-4-14(12)23-16/h1-8,13,21H,9H2,(H2,18,19,20,22). The second-order valence-corrected chi connectivity index (χ2v) is 6.36. The van der Waals surface area contributed by atoms with Crippen molar-refractivity contribution < 1.29 is 9.90 Å². The molecule has 1 unspecified atom stereocenters. The number of carbonyl (C=O) groups is 1. The van der Waals surface area contributed by atoms with E-state index >= 15 is 0 Å². The average Bonchev–Trinajstić information content (AvgIpc) is 2.95. The first-order valence-corrected chi connectivity index (χ1v) is 8.15. The summed E-state index contributed by atoms with van der Waals surface area (Å²) in [5.41, 5.74) is 1.53. The third-order valence-corrected chi connectivity index (χ3v) is 4.43. The minimum atomic E-state index is -0.798. The number of anilines is 1. The van der Waals surface area contributed by atoms with Gasteiger partial charge in [-0.15, -0.1) is 0 Å². The quantitative estimate of drug-likeness (QED) is 0.672. The molecule has 0 aliphatic carbocycles. The summed E-state index contributed by atoms with van der Waals surface area (Å²) in [6.45, 7) is 0.0956. The lowest BCUT2D eigenvalue weighted by Gasteiger charge is -2.12. The Morgan fingerprint density at radius 2 is 1.96 bits per heavy atom. The number of benzene rings is 2. The van der Waals surface area contributed by atoms with Crippen LogP contribution in [0.1, 0.15) is 11.7 Å². The van der Waals surface area contributed by atoms with Crippen molar-refractivity contribution in [3.63, 3.8) is 0 Å². The van der Waals surface area contributed by atoms with E-state index in [9.17, 15) is 9.90 Å². The molecule has 0 fully saturated rings. The molecule has 2 amide bonds. The third-order valence-electron chi connectivity index (χ3n) is 3.23. The number of thiazole rings is 1. The van der Waals surface area contributed by atoms with Crippen molar-refractivity contribution in [2.24, 2.45) is 0 Å². The first-order valence-electron chi connectivity index (χ1n) is 6.96. The number of aliphatic hydroxyl groups is 1. The maximum Gasteiger partial charge on any atom is 0.321 e. The molecule has 2 aromatic carbocycles. The number of aromatic nitrogens is 1. The van der Waals surface area contributed by atoms with Crippen LogP contribution in [-0.4, -0.2) is 22.7 Å². The monoisotopic (exact) mass is 347 g/mol. The van der Waals surface area contributed by atoms with Crippen LogP contribution in [-0.2, 0) is 0 Å². The Balaban J connectivity index is 1.55. The first kappa shape index (κ1) is 15.7. The average molecular weight is 348 g/mol. The van der Waals surface area contributed by atoms with Crippen molar-refractivity contribution >= 4 is 44.3 Å². The molecule has 3 aromatic rings. The van der Waals surface area contributed by atoms with Gasteiger partial charge in [-0.1, -0.05) is 47.2 Å². The van der Waals surface area contributed by atoms with Gasteiger partial charge in [0.25, 0.3) is 0 Å². The maximum absolute atomic E-state index is 11.9. The van der Waals surface area contributed by atoms with Crippen LogP contribution in [0, 0.1) is 0 Å². The van der Waals surface area contributed by atoms with E-state index in [-0.39, 0.29) is 6.54 Å². The third kappa shape index (κ3) is 3.98. The predicted molar refractivity (Wildman–Crippen MR) is 93.1 cm³/mol. The number of nitrogens with zero attached hydrogens (tertiary/aromatic N) is 1. The van der Waals surface area contributed by atoms with E-state index in [0.717, 1.165) is 10.2 Å². The van der Waals surface area contributed by atoms with Crippen LogP contribution in [0.25, 0.3) is 10.2 Å². The van der Waals surface area contributed by atoms with Crippen LogP contribution in [0.2, 0.25) is 5.02 Å². The zero-order valence-corrected chi connectivity index (χ0v) is 13.6. The van der Waals surface area contributed by atoms with Gasteiger partial charge < -0.3 is 10.4 Å². The van der Waals surface area contributed by atoms with Gasteiger partial charge in [-0.3, -0.25) is 5.32 Å². The van der Waals surface area contributed by atoms with E-state index in [1.165, 1.54) is 11.3 Å². The number of nitrogens with one attached hydrogen (secondary N) is 2. The number of para-hydroxylation sites is 1. The summed E-state index contributed by atoms with van der Waals surface area (Å²) < 4.78 is 1.00. The van der Waals surface area contributed by atoms with Crippen molar-refractivity contribution in [2.45, 2.75) is 6.10 Å². The lowest BCUT2D eigenvalue weighted by molar-refractivity contribution is 0.175. The second-order valence-electron chi connectivity index (χ2n) is 4.89. The van der Waals surface area contributed by atoms with E-state index < -0.39 is 12.1 Å². The maximum atomic E-state index is 11.9. The Hall–Kier alpha value is -2.15. The van der Waals surface area contributed by atoms with Gasteiger partial charge in [-0.25, -0.2) is 9.78 Å². The molecule has 23 heavy (non-hydrogen) atoms. The number of hydrogen-bond acceptors (Lipinski definition) is 4. The molecule has 0 saturated carbocycles. The molecule has 0 bridgehead atoms. The molecule has 3 rings (SSSR count). The van der Waals surface area contributed by atoms with Crippen LogP contribution >= 0.6 is 22.9 Å². The summed E-state index contributed by atoms with van der Waals surface area (Å²) >= 11 is 7.20. The van der Waals surface area contributed by atoms with Gasteiger partial charge >= 0.3 is 6.03 Å². The van der Waals surface area contributed by atoms with Gasteiger partial charge in [0, 0.05) is 11.6 Å². The zero-order chi connectivity index (χ0) is 16.2. The molecule has 118 valence electrons. The molecule has 0 aliphatic rings. The van der Waals surface area contributed by atoms with Crippen molar-refractivity contribution in [1.82, 2.24) is 10.3 Å². The molecular formula is C16H14ClN3O2S. The van der Waals surface area contributed by atoms with Gasteiger partial charge in [-0.05, 0) is 29.8 Å². The summed E-state index contributed by atoms with van der Waals surface area (Å²) in [4.78, 5) is 16.2. The van der Waals surface area contributed by atoms with E-state index in [1.807, 2.05) is 24.3 Å². The van der Waals surface area contributed by atoms with Gasteiger partial charge in [0.05, 0.1) is 16.3 Å². The lowest BCUT2D eigenvalue weighted by Crippen LogP contribution is -2.32. The number of carbonyl (C=O) groups excluding carboxylic acids is 1. The number of aliphatic hydroxyl groups excluding tert-OH is 1. The topological polar surface area (TPSA) is 74.2 Å². The number of fused-ring (bicyclic) bond motifs is 1. The number of hydrogen-bond donors (Lipinski definition) is 3. The molecule has 5 nitrogen and oxygen atoms in total. The smallest absolute Gasteiger partial charge is 0.321 e. The van der Waals surface area contributed by atoms with E-state index in [0.29, 0.717) is 15.7 Å². The van der Waals surface area contributed by atoms with Crippen LogP contribution in [0.15, 0.2) is 48.5 Å². The Bertz CT molecular complexity index is 787. The summed E-state index contributed by atoms with van der Waals surface area (Å²) in [5, 5.41) is 16.5. The van der Waals surface area contributed by atoms with E-state index in [2.05, 4.69) is 15.6 Å². The van der Waals surface area contributed by atoms with Gasteiger partial charge in [0.1, 0.15) is 0 Å². The second kappa shape index (κ2) is 6.95. The predicted octanol–water partition coefficient (Wildman–Crippen LogP) is 3.80. The van der Waals surface area contributed by atoms with Gasteiger partial charge in [-0.2, -0.15) is 0 Å². The Morgan fingerprint density at radius 1 is 1.22 bits per heavy atom. The summed E-state index contributed by atoms with van der Waals surface area (Å²) in [5.74, 6) is 0. The molecule has 1 heterocycles. The van der Waals surface area contributed by atoms with Gasteiger partial charge in [0.15, 0.2) is 5.13 Å². The fraction of sp³-hybridized carbons (Fsp3) is 0.125. The molecule has 1 atom stereocenters. The minimum absolute atomic E-state index is 0.0956. The molecular weight excluding hydrogens is 334 g/mol. The zero-order valence-electron chi connectivity index (χ0n) is 12.0. The van der Waals surface area contributed by atoms with Crippen LogP contribution in [0.5, 0.6) is 0 Å². The molecule has 0 radical (unpaired) electrons. The number of rotatable bonds is 4. The molecule has 1 aromatic heterocycles. The summed E-state index contributed by atoms with van der Waals surface area (Å²) in [6.07, 6.45) is -0.798. The highest BCUT2D eigenvalue weighted by atomic mass is 35.5. The van der Waals surface area contributed by atoms with Crippen LogP contribution in [0.3, 0.4) is 0 Å². The van der Waals surface area contributed by atoms with E-state index in [1.54, 1.807) is 24.3 Å². The van der Waals surface area contributed by atoms with Crippen molar-refractivity contribution in [3.8, 4) is 0 Å². The van der Waals surface area contributed by atoms with Crippen molar-refractivity contribution in [3.05, 3.63) is 59.1 Å². The fourth-order valence-electron chi connectivity index (χ4n) is 2.06. The molecule has 0 spiro atoms. The number of halogens is 1. The van der Waals surface area contributed by atoms with Crippen molar-refractivity contribution in [1.29, 1.82) is 0 Å². The molecule has 0 saturated heterocycles.